The fourth-order valence-electron chi connectivity index (χ4n) is 4.99. The highest BCUT2D eigenvalue weighted by Gasteiger charge is 2.43. The zero-order valence-corrected chi connectivity index (χ0v) is 17.3. The minimum absolute atomic E-state index is 0.154. The Morgan fingerprint density at radius 3 is 2.61 bits per heavy atom. The molecule has 0 radical (unpaired) electrons. The summed E-state index contributed by atoms with van der Waals surface area (Å²) in [4.78, 5) is 17.1. The third-order valence-electron chi connectivity index (χ3n) is 7.16. The molecule has 5 nitrogen and oxygen atoms in total. The van der Waals surface area contributed by atoms with Crippen LogP contribution < -0.4 is 0 Å². The second-order valence-electron chi connectivity index (χ2n) is 9.39. The molecule has 154 valence electrons. The summed E-state index contributed by atoms with van der Waals surface area (Å²) in [5.74, 6) is 0.559. The average Bonchev–Trinajstić information content (AvgIpc) is 3.07. The van der Waals surface area contributed by atoms with Gasteiger partial charge in [-0.05, 0) is 62.6 Å². The van der Waals surface area contributed by atoms with Crippen LogP contribution in [0.5, 0.6) is 0 Å². The predicted molar refractivity (Wildman–Crippen MR) is 109 cm³/mol. The van der Waals surface area contributed by atoms with Crippen LogP contribution in [0.2, 0.25) is 0 Å². The molecule has 3 atom stereocenters. The Morgan fingerprint density at radius 2 is 1.93 bits per heavy atom. The van der Waals surface area contributed by atoms with Crippen molar-refractivity contribution in [3.8, 4) is 0 Å². The van der Waals surface area contributed by atoms with Crippen LogP contribution in [0.1, 0.15) is 48.5 Å². The van der Waals surface area contributed by atoms with E-state index in [4.69, 9.17) is 4.74 Å². The van der Waals surface area contributed by atoms with Crippen LogP contribution in [-0.2, 0) is 4.74 Å². The van der Waals surface area contributed by atoms with Crippen molar-refractivity contribution < 1.29 is 14.6 Å². The van der Waals surface area contributed by atoms with E-state index in [-0.39, 0.29) is 23.5 Å². The van der Waals surface area contributed by atoms with E-state index < -0.39 is 0 Å². The zero-order chi connectivity index (χ0) is 19.7. The van der Waals surface area contributed by atoms with E-state index in [1.54, 1.807) is 0 Å². The van der Waals surface area contributed by atoms with Gasteiger partial charge in [-0.25, -0.2) is 0 Å². The first-order valence-corrected chi connectivity index (χ1v) is 10.8. The standard InChI is InChI=1S/C23H34N2O3/c1-17-3-5-19(6-4-17)22(27)25-11-8-23(9-12-25)13-20(28-16-23)14-24-10-7-18(2)21(26)15-24/h3-6,18,20-21,26H,7-16H2,1-2H3/t18-,20?,21-/m1/s1. The van der Waals surface area contributed by atoms with Crippen molar-refractivity contribution in [1.82, 2.24) is 9.80 Å². The molecule has 3 aliphatic heterocycles. The fraction of sp³-hybridized carbons (Fsp3) is 0.696. The number of aliphatic hydroxyl groups is 1. The molecule has 28 heavy (non-hydrogen) atoms. The van der Waals surface area contributed by atoms with Gasteiger partial charge in [0, 0.05) is 31.7 Å². The maximum absolute atomic E-state index is 12.8. The van der Waals surface area contributed by atoms with Crippen molar-refractivity contribution in [2.75, 3.05) is 39.3 Å². The lowest BCUT2D eigenvalue weighted by Gasteiger charge is -2.39. The van der Waals surface area contributed by atoms with Crippen LogP contribution in [0.25, 0.3) is 0 Å². The number of likely N-dealkylation sites (tertiary alicyclic amines) is 2. The second-order valence-corrected chi connectivity index (χ2v) is 9.39. The van der Waals surface area contributed by atoms with Gasteiger partial charge < -0.3 is 14.7 Å². The van der Waals surface area contributed by atoms with E-state index >= 15 is 0 Å². The smallest absolute Gasteiger partial charge is 0.253 e. The van der Waals surface area contributed by atoms with Gasteiger partial charge >= 0.3 is 0 Å². The first-order chi connectivity index (χ1) is 13.4. The van der Waals surface area contributed by atoms with Gasteiger partial charge in [-0.1, -0.05) is 24.6 Å². The predicted octanol–water partition coefficient (Wildman–Crippen LogP) is 2.71. The monoisotopic (exact) mass is 386 g/mol. The lowest BCUT2D eigenvalue weighted by Crippen LogP contribution is -2.46. The van der Waals surface area contributed by atoms with Crippen molar-refractivity contribution in [3.05, 3.63) is 35.4 Å². The number of nitrogens with zero attached hydrogens (tertiary/aromatic N) is 2. The summed E-state index contributed by atoms with van der Waals surface area (Å²) in [7, 11) is 0. The summed E-state index contributed by atoms with van der Waals surface area (Å²) in [5.41, 5.74) is 2.20. The first kappa shape index (κ1) is 19.9. The molecule has 1 N–H and O–H groups in total. The SMILES string of the molecule is Cc1ccc(C(=O)N2CCC3(CC2)COC(CN2CC[C@@H](C)[C@H](O)C2)C3)cc1. The topological polar surface area (TPSA) is 53.0 Å². The molecule has 3 heterocycles. The Labute approximate surface area is 168 Å². The van der Waals surface area contributed by atoms with Crippen LogP contribution in [0.4, 0.5) is 0 Å². The summed E-state index contributed by atoms with van der Waals surface area (Å²) in [6.45, 7) is 9.39. The summed E-state index contributed by atoms with van der Waals surface area (Å²) >= 11 is 0. The number of aliphatic hydroxyl groups excluding tert-OH is 1. The molecule has 0 saturated carbocycles. The van der Waals surface area contributed by atoms with Gasteiger partial charge in [0.1, 0.15) is 0 Å². The lowest BCUT2D eigenvalue weighted by atomic mass is 9.76. The Balaban J connectivity index is 1.27. The summed E-state index contributed by atoms with van der Waals surface area (Å²) in [6.07, 6.45) is 4.26. The third-order valence-corrected chi connectivity index (χ3v) is 7.16. The highest BCUT2D eigenvalue weighted by molar-refractivity contribution is 5.94. The van der Waals surface area contributed by atoms with E-state index in [0.29, 0.717) is 5.92 Å². The van der Waals surface area contributed by atoms with Crippen LogP contribution in [0.3, 0.4) is 0 Å². The van der Waals surface area contributed by atoms with Crippen molar-refractivity contribution in [2.45, 2.75) is 51.7 Å². The molecule has 3 aliphatic rings. The van der Waals surface area contributed by atoms with E-state index in [2.05, 4.69) is 11.8 Å². The normalized spacial score (nSPS) is 30.7. The number of carbonyl (C=O) groups is 1. The van der Waals surface area contributed by atoms with Crippen molar-refractivity contribution in [3.63, 3.8) is 0 Å². The minimum atomic E-state index is -0.208. The van der Waals surface area contributed by atoms with Gasteiger partial charge in [0.2, 0.25) is 0 Å². The maximum atomic E-state index is 12.8. The van der Waals surface area contributed by atoms with E-state index in [1.165, 1.54) is 5.56 Å². The average molecular weight is 387 g/mol. The molecule has 0 bridgehead atoms. The highest BCUT2D eigenvalue weighted by Crippen LogP contribution is 2.42. The molecule has 1 aromatic carbocycles. The van der Waals surface area contributed by atoms with E-state index in [1.807, 2.05) is 36.1 Å². The highest BCUT2D eigenvalue weighted by atomic mass is 16.5. The van der Waals surface area contributed by atoms with Crippen LogP contribution in [0.15, 0.2) is 24.3 Å². The molecule has 3 fully saturated rings. The number of carbonyl (C=O) groups excluding carboxylic acids is 1. The van der Waals surface area contributed by atoms with Crippen LogP contribution in [-0.4, -0.2) is 72.4 Å². The minimum Gasteiger partial charge on any atom is -0.392 e. The number of piperidine rings is 2. The number of rotatable bonds is 3. The number of benzene rings is 1. The number of amides is 1. The van der Waals surface area contributed by atoms with Crippen LogP contribution in [0, 0.1) is 18.3 Å². The lowest BCUT2D eigenvalue weighted by molar-refractivity contribution is 0.000908. The molecule has 0 aromatic heterocycles. The molecule has 0 aliphatic carbocycles. The van der Waals surface area contributed by atoms with E-state index in [9.17, 15) is 9.90 Å². The molecule has 1 spiro atoms. The van der Waals surface area contributed by atoms with Crippen molar-refractivity contribution in [2.24, 2.45) is 11.3 Å². The van der Waals surface area contributed by atoms with Gasteiger partial charge in [0.25, 0.3) is 5.91 Å². The largest absolute Gasteiger partial charge is 0.392 e. The molecule has 3 saturated heterocycles. The molecule has 1 amide bonds. The van der Waals surface area contributed by atoms with Crippen LogP contribution >= 0.6 is 0 Å². The first-order valence-electron chi connectivity index (χ1n) is 10.8. The number of hydrogen-bond donors (Lipinski definition) is 1. The van der Waals surface area contributed by atoms with Gasteiger partial charge in [-0.3, -0.25) is 9.69 Å². The fourth-order valence-corrected chi connectivity index (χ4v) is 4.99. The molecule has 1 unspecified atom stereocenters. The number of aryl methyl sites for hydroxylation is 1. The molecule has 5 heteroatoms. The zero-order valence-electron chi connectivity index (χ0n) is 17.3. The number of hydrogen-bond acceptors (Lipinski definition) is 4. The Morgan fingerprint density at radius 1 is 1.21 bits per heavy atom. The molecule has 4 rings (SSSR count). The van der Waals surface area contributed by atoms with Gasteiger partial charge in [-0.15, -0.1) is 0 Å². The summed E-state index contributed by atoms with van der Waals surface area (Å²) in [6, 6.07) is 7.88. The molecular weight excluding hydrogens is 352 g/mol. The number of ether oxygens (including phenoxy) is 1. The van der Waals surface area contributed by atoms with Gasteiger partial charge in [0.05, 0.1) is 18.8 Å². The van der Waals surface area contributed by atoms with Crippen molar-refractivity contribution >= 4 is 5.91 Å². The quantitative estimate of drug-likeness (QED) is 0.868. The van der Waals surface area contributed by atoms with Crippen molar-refractivity contribution in [1.29, 1.82) is 0 Å². The summed E-state index contributed by atoms with van der Waals surface area (Å²) in [5, 5.41) is 10.1. The molecule has 1 aromatic rings. The van der Waals surface area contributed by atoms with Gasteiger partial charge in [-0.2, -0.15) is 0 Å². The second kappa shape index (κ2) is 8.13. The Bertz CT molecular complexity index is 682. The third kappa shape index (κ3) is 4.27. The number of β-amino-alcohol motifs (C(OH)–C–C–N with tert-alkyl or cyclic N) is 1. The Kier molecular flexibility index (Phi) is 5.77. The Hall–Kier alpha value is -1.43. The van der Waals surface area contributed by atoms with E-state index in [0.717, 1.165) is 70.6 Å². The maximum Gasteiger partial charge on any atom is 0.253 e. The summed E-state index contributed by atoms with van der Waals surface area (Å²) < 4.78 is 6.18. The molecular formula is C23H34N2O3. The van der Waals surface area contributed by atoms with Gasteiger partial charge in [0.15, 0.2) is 0 Å².